The lowest BCUT2D eigenvalue weighted by Crippen LogP contribution is -2.18. The number of benzene rings is 1. The molecule has 0 aromatic heterocycles. The Bertz CT molecular complexity index is 697. The normalized spacial score (nSPS) is 11.8. The molecule has 1 rings (SSSR count). The zero-order valence-electron chi connectivity index (χ0n) is 18.3. The lowest BCUT2D eigenvalue weighted by atomic mass is 9.78. The van der Waals surface area contributed by atoms with Crippen LogP contribution < -0.4 is 0 Å². The Kier molecular flexibility index (Phi) is 7.85. The minimum atomic E-state index is -0.718. The Morgan fingerprint density at radius 2 is 1.54 bits per heavy atom. The Morgan fingerprint density at radius 3 is 1.96 bits per heavy atom. The van der Waals surface area contributed by atoms with E-state index >= 15 is 0 Å². The molecule has 156 valence electrons. The van der Waals surface area contributed by atoms with E-state index < -0.39 is 11.9 Å². The number of hydrogen-bond donors (Lipinski definition) is 1. The first kappa shape index (κ1) is 23.7. The topological polar surface area (TPSA) is 72.8 Å². The minimum absolute atomic E-state index is 0.0953. The van der Waals surface area contributed by atoms with Crippen LogP contribution in [0.3, 0.4) is 0 Å². The maximum Gasteiger partial charge on any atom is 0.373 e. The predicted octanol–water partition coefficient (Wildman–Crippen LogP) is 4.93. The number of carbonyl (C=O) groups is 2. The zero-order valence-corrected chi connectivity index (χ0v) is 18.3. The minimum Gasteiger partial charge on any atom is -0.507 e. The lowest BCUT2D eigenvalue weighted by molar-refractivity contribution is -0.151. The van der Waals surface area contributed by atoms with Crippen molar-refractivity contribution in [2.75, 3.05) is 6.61 Å². The van der Waals surface area contributed by atoms with Gasteiger partial charge in [0.25, 0.3) is 0 Å². The number of rotatable bonds is 7. The Morgan fingerprint density at radius 1 is 1.04 bits per heavy atom. The molecule has 0 saturated heterocycles. The zero-order chi connectivity index (χ0) is 21.7. The molecule has 0 bridgehead atoms. The smallest absolute Gasteiger partial charge is 0.373 e. The molecule has 1 aromatic carbocycles. The summed E-state index contributed by atoms with van der Waals surface area (Å²) in [5.74, 6) is -1.25. The van der Waals surface area contributed by atoms with E-state index in [9.17, 15) is 14.7 Å². The average Bonchev–Trinajstić information content (AvgIpc) is 2.56. The number of ether oxygens (including phenoxy) is 2. The van der Waals surface area contributed by atoms with Crippen LogP contribution in [0.5, 0.6) is 5.75 Å². The van der Waals surface area contributed by atoms with Crippen LogP contribution in [0.4, 0.5) is 0 Å². The molecule has 28 heavy (non-hydrogen) atoms. The van der Waals surface area contributed by atoms with E-state index in [1.165, 1.54) is 0 Å². The summed E-state index contributed by atoms with van der Waals surface area (Å²) in [6.45, 7) is 17.8. The lowest BCUT2D eigenvalue weighted by Gasteiger charge is -2.28. The molecule has 0 radical (unpaired) electrons. The molecule has 5 heteroatoms. The average molecular weight is 391 g/mol. The van der Waals surface area contributed by atoms with E-state index in [4.69, 9.17) is 9.47 Å². The maximum absolute atomic E-state index is 12.1. The molecule has 0 spiro atoms. The van der Waals surface area contributed by atoms with Crippen LogP contribution in [0.25, 0.3) is 0 Å². The van der Waals surface area contributed by atoms with Crippen LogP contribution in [-0.4, -0.2) is 23.7 Å². The van der Waals surface area contributed by atoms with E-state index in [1.54, 1.807) is 0 Å². The molecule has 0 atom stereocenters. The molecular weight excluding hydrogens is 356 g/mol. The van der Waals surface area contributed by atoms with E-state index in [0.717, 1.165) is 16.7 Å². The highest BCUT2D eigenvalue weighted by Crippen LogP contribution is 2.40. The molecule has 0 aliphatic carbocycles. The van der Waals surface area contributed by atoms with Crippen molar-refractivity contribution in [3.05, 3.63) is 41.2 Å². The van der Waals surface area contributed by atoms with Gasteiger partial charge < -0.3 is 14.6 Å². The predicted molar refractivity (Wildman–Crippen MR) is 110 cm³/mol. The van der Waals surface area contributed by atoms with Gasteiger partial charge in [-0.05, 0) is 46.9 Å². The number of carbonyl (C=O) groups excluding carboxylic acids is 2. The number of aromatic hydroxyl groups is 1. The molecule has 0 heterocycles. The van der Waals surface area contributed by atoms with Crippen LogP contribution in [0.15, 0.2) is 24.5 Å². The fraction of sp³-hybridized carbons (Fsp3) is 0.565. The molecule has 0 fully saturated rings. The fourth-order valence-electron chi connectivity index (χ4n) is 2.73. The Labute approximate surface area is 168 Å². The summed E-state index contributed by atoms with van der Waals surface area (Å²) >= 11 is 0. The molecule has 0 amide bonds. The summed E-state index contributed by atoms with van der Waals surface area (Å²) in [5, 5.41) is 10.8. The van der Waals surface area contributed by atoms with Gasteiger partial charge in [-0.1, -0.05) is 60.6 Å². The highest BCUT2D eigenvalue weighted by Gasteiger charge is 2.26. The first-order valence-electron chi connectivity index (χ1n) is 9.71. The van der Waals surface area contributed by atoms with Gasteiger partial charge in [0.1, 0.15) is 5.75 Å². The molecule has 0 aliphatic rings. The van der Waals surface area contributed by atoms with Gasteiger partial charge in [0, 0.05) is 6.42 Å². The third kappa shape index (κ3) is 6.70. The number of aryl methyl sites for hydroxylation is 1. The van der Waals surface area contributed by atoms with Gasteiger partial charge in [-0.3, -0.25) is 4.79 Å². The third-order valence-corrected chi connectivity index (χ3v) is 4.31. The largest absolute Gasteiger partial charge is 0.507 e. The number of phenols is 1. The second-order valence-electron chi connectivity index (χ2n) is 9.07. The van der Waals surface area contributed by atoms with E-state index in [1.807, 2.05) is 60.6 Å². The maximum atomic E-state index is 12.1. The van der Waals surface area contributed by atoms with Crippen molar-refractivity contribution < 1.29 is 24.2 Å². The van der Waals surface area contributed by atoms with Crippen LogP contribution in [0.1, 0.15) is 78.0 Å². The van der Waals surface area contributed by atoms with Crippen molar-refractivity contribution >= 4 is 11.9 Å². The second-order valence-corrected chi connectivity index (χ2v) is 9.07. The van der Waals surface area contributed by atoms with Gasteiger partial charge in [-0.25, -0.2) is 4.79 Å². The van der Waals surface area contributed by atoms with Crippen LogP contribution >= 0.6 is 0 Å². The van der Waals surface area contributed by atoms with Gasteiger partial charge in [-0.2, -0.15) is 0 Å². The molecular formula is C23H34O5. The van der Waals surface area contributed by atoms with Crippen LogP contribution in [-0.2, 0) is 36.3 Å². The monoisotopic (exact) mass is 390 g/mol. The third-order valence-electron chi connectivity index (χ3n) is 4.31. The Balaban J connectivity index is 2.93. The highest BCUT2D eigenvalue weighted by atomic mass is 16.6. The first-order chi connectivity index (χ1) is 12.8. The second kappa shape index (κ2) is 9.26. The van der Waals surface area contributed by atoms with Crippen molar-refractivity contribution in [2.45, 2.75) is 78.6 Å². The molecule has 1 aromatic rings. The van der Waals surface area contributed by atoms with E-state index in [-0.39, 0.29) is 29.6 Å². The van der Waals surface area contributed by atoms with Gasteiger partial charge in [-0.15, -0.1) is 0 Å². The van der Waals surface area contributed by atoms with Crippen LogP contribution in [0.2, 0.25) is 0 Å². The summed E-state index contributed by atoms with van der Waals surface area (Å²) in [6, 6.07) is 3.87. The van der Waals surface area contributed by atoms with Crippen molar-refractivity contribution in [3.8, 4) is 5.75 Å². The molecule has 5 nitrogen and oxygen atoms in total. The van der Waals surface area contributed by atoms with Gasteiger partial charge in [0.2, 0.25) is 5.76 Å². The number of hydrogen-bond acceptors (Lipinski definition) is 5. The highest BCUT2D eigenvalue weighted by molar-refractivity contribution is 5.88. The number of esters is 2. The summed E-state index contributed by atoms with van der Waals surface area (Å²) < 4.78 is 9.89. The number of phenolic OH excluding ortho intramolecular Hbond substituents is 1. The summed E-state index contributed by atoms with van der Waals surface area (Å²) in [5.41, 5.74) is 2.14. The van der Waals surface area contributed by atoms with E-state index in [0.29, 0.717) is 18.6 Å². The molecule has 0 saturated carbocycles. The summed E-state index contributed by atoms with van der Waals surface area (Å²) in [4.78, 5) is 23.7. The Hall–Kier alpha value is -2.30. The van der Waals surface area contributed by atoms with Crippen molar-refractivity contribution in [1.29, 1.82) is 0 Å². The van der Waals surface area contributed by atoms with Gasteiger partial charge in [0.05, 0.1) is 6.61 Å². The summed E-state index contributed by atoms with van der Waals surface area (Å²) in [7, 11) is 0. The molecule has 0 unspecified atom stereocenters. The quantitative estimate of drug-likeness (QED) is 0.406. The standard InChI is InChI=1S/C23H34O5/c1-9-12-27-21(26)15(2)28-19(24)11-10-16-13-17(22(3,4)5)20(25)18(14-16)23(6,7)8/h13-14,25H,2,9-12H2,1,3-8H3. The molecule has 0 aliphatic heterocycles. The van der Waals surface area contributed by atoms with Gasteiger partial charge >= 0.3 is 11.9 Å². The SMILES string of the molecule is C=C(OC(=O)CCc1cc(C(C)(C)C)c(O)c(C(C)(C)C)c1)C(=O)OCCC. The molecule has 1 N–H and O–H groups in total. The van der Waals surface area contributed by atoms with E-state index in [2.05, 4.69) is 6.58 Å². The van der Waals surface area contributed by atoms with Crippen molar-refractivity contribution in [1.82, 2.24) is 0 Å². The first-order valence-corrected chi connectivity index (χ1v) is 9.71. The van der Waals surface area contributed by atoms with Crippen molar-refractivity contribution in [2.24, 2.45) is 0 Å². The summed E-state index contributed by atoms with van der Waals surface area (Å²) in [6.07, 6.45) is 1.21. The van der Waals surface area contributed by atoms with Gasteiger partial charge in [0.15, 0.2) is 0 Å². The fourth-order valence-corrected chi connectivity index (χ4v) is 2.73. The van der Waals surface area contributed by atoms with Crippen molar-refractivity contribution in [3.63, 3.8) is 0 Å². The van der Waals surface area contributed by atoms with Crippen LogP contribution in [0, 0.1) is 0 Å².